The van der Waals surface area contributed by atoms with Crippen molar-refractivity contribution >= 4 is 11.6 Å². The number of anilines is 1. The average molecular weight is 309 g/mol. The van der Waals surface area contributed by atoms with Crippen molar-refractivity contribution in [2.24, 2.45) is 0 Å². The minimum Gasteiger partial charge on any atom is -0.378 e. The largest absolute Gasteiger partial charge is 0.378 e. The van der Waals surface area contributed by atoms with Gasteiger partial charge in [-0.3, -0.25) is 4.79 Å². The molecule has 0 aromatic heterocycles. The summed E-state index contributed by atoms with van der Waals surface area (Å²) >= 11 is 0. The van der Waals surface area contributed by atoms with Crippen LogP contribution in [-0.2, 0) is 19.5 Å². The Hall–Kier alpha value is -2.33. The van der Waals surface area contributed by atoms with E-state index in [9.17, 15) is 4.79 Å². The van der Waals surface area contributed by atoms with Gasteiger partial charge in [-0.05, 0) is 53.9 Å². The maximum Gasteiger partial charge on any atom is 0.251 e. The molecule has 1 amide bonds. The van der Waals surface area contributed by atoms with Crippen LogP contribution in [0.15, 0.2) is 42.5 Å². The van der Waals surface area contributed by atoms with Crippen LogP contribution in [0.25, 0.3) is 0 Å². The maximum atomic E-state index is 12.4. The molecular weight excluding hydrogens is 286 g/mol. The van der Waals surface area contributed by atoms with Gasteiger partial charge in [0.05, 0.1) is 0 Å². The Morgan fingerprint density at radius 2 is 2.04 bits per heavy atom. The van der Waals surface area contributed by atoms with Gasteiger partial charge in [0.25, 0.3) is 5.91 Å². The molecule has 0 fully saturated rings. The molecule has 0 unspecified atom stereocenters. The molecule has 4 heteroatoms. The number of nitrogens with zero attached hydrogens (tertiary/aromatic N) is 1. The summed E-state index contributed by atoms with van der Waals surface area (Å²) in [7, 11) is 4.03. The number of nitrogens with one attached hydrogen (secondary N) is 2. The standard InChI is InChI=1S/C19H23N3O/c1-22(2)18-5-3-4-14(10-18)12-21-19(23)16-6-7-17-13-20-9-8-15(17)11-16/h3-7,10-11,20H,8-9,12-13H2,1-2H3,(H,21,23). The Morgan fingerprint density at radius 3 is 2.87 bits per heavy atom. The van der Waals surface area contributed by atoms with E-state index in [1.165, 1.54) is 11.1 Å². The summed E-state index contributed by atoms with van der Waals surface area (Å²) in [5.74, 6) is -0.0124. The van der Waals surface area contributed by atoms with Crippen LogP contribution in [-0.4, -0.2) is 26.5 Å². The number of fused-ring (bicyclic) bond motifs is 1. The second-order valence-electron chi connectivity index (χ2n) is 6.16. The predicted molar refractivity (Wildman–Crippen MR) is 93.8 cm³/mol. The van der Waals surface area contributed by atoms with Crippen molar-refractivity contribution in [1.29, 1.82) is 0 Å². The van der Waals surface area contributed by atoms with Gasteiger partial charge < -0.3 is 15.5 Å². The van der Waals surface area contributed by atoms with Crippen LogP contribution in [0.4, 0.5) is 5.69 Å². The zero-order valence-corrected chi connectivity index (χ0v) is 13.7. The minimum atomic E-state index is -0.0124. The first-order chi connectivity index (χ1) is 11.1. The molecular formula is C19H23N3O. The van der Waals surface area contributed by atoms with Crippen LogP contribution in [0, 0.1) is 0 Å². The van der Waals surface area contributed by atoms with Crippen LogP contribution >= 0.6 is 0 Å². The van der Waals surface area contributed by atoms with E-state index < -0.39 is 0 Å². The van der Waals surface area contributed by atoms with Crippen molar-refractivity contribution in [3.63, 3.8) is 0 Å². The first kappa shape index (κ1) is 15.6. The van der Waals surface area contributed by atoms with E-state index in [1.54, 1.807) is 0 Å². The second-order valence-corrected chi connectivity index (χ2v) is 6.16. The van der Waals surface area contributed by atoms with Crippen molar-refractivity contribution in [2.45, 2.75) is 19.5 Å². The van der Waals surface area contributed by atoms with Crippen LogP contribution in [0.2, 0.25) is 0 Å². The van der Waals surface area contributed by atoms with Gasteiger partial charge >= 0.3 is 0 Å². The lowest BCUT2D eigenvalue weighted by atomic mass is 9.98. The van der Waals surface area contributed by atoms with Gasteiger partial charge in [0.2, 0.25) is 0 Å². The van der Waals surface area contributed by atoms with Crippen LogP contribution < -0.4 is 15.5 Å². The molecule has 1 aliphatic rings. The molecule has 0 radical (unpaired) electrons. The number of carbonyl (C=O) groups excluding carboxylic acids is 1. The Labute approximate surface area is 137 Å². The van der Waals surface area contributed by atoms with E-state index in [0.29, 0.717) is 6.54 Å². The summed E-state index contributed by atoms with van der Waals surface area (Å²) in [6, 6.07) is 14.2. The van der Waals surface area contributed by atoms with Gasteiger partial charge in [0.15, 0.2) is 0 Å². The Bertz CT molecular complexity index is 710. The van der Waals surface area contributed by atoms with E-state index in [0.717, 1.165) is 36.3 Å². The molecule has 2 aromatic carbocycles. The third-order valence-corrected chi connectivity index (χ3v) is 4.24. The fourth-order valence-electron chi connectivity index (χ4n) is 2.85. The second kappa shape index (κ2) is 6.84. The molecule has 2 N–H and O–H groups in total. The quantitative estimate of drug-likeness (QED) is 0.911. The number of amides is 1. The van der Waals surface area contributed by atoms with E-state index in [1.807, 2.05) is 38.4 Å². The van der Waals surface area contributed by atoms with Gasteiger partial charge in [0.1, 0.15) is 0 Å². The highest BCUT2D eigenvalue weighted by atomic mass is 16.1. The highest BCUT2D eigenvalue weighted by Gasteiger charge is 2.12. The van der Waals surface area contributed by atoms with Gasteiger partial charge in [0, 0.05) is 38.4 Å². The predicted octanol–water partition coefficient (Wildman–Crippen LogP) is 2.33. The summed E-state index contributed by atoms with van der Waals surface area (Å²) < 4.78 is 0. The zero-order valence-electron chi connectivity index (χ0n) is 13.7. The summed E-state index contributed by atoms with van der Waals surface area (Å²) in [4.78, 5) is 14.4. The zero-order chi connectivity index (χ0) is 16.2. The third-order valence-electron chi connectivity index (χ3n) is 4.24. The number of benzene rings is 2. The molecule has 23 heavy (non-hydrogen) atoms. The topological polar surface area (TPSA) is 44.4 Å². The lowest BCUT2D eigenvalue weighted by Gasteiger charge is -2.18. The van der Waals surface area contributed by atoms with Gasteiger partial charge in [-0.25, -0.2) is 0 Å². The van der Waals surface area contributed by atoms with Crippen molar-refractivity contribution in [3.05, 3.63) is 64.7 Å². The minimum absolute atomic E-state index is 0.0124. The van der Waals surface area contributed by atoms with Crippen molar-refractivity contribution in [3.8, 4) is 0 Å². The molecule has 3 rings (SSSR count). The summed E-state index contributed by atoms with van der Waals surface area (Å²) in [5.41, 5.74) is 5.57. The highest BCUT2D eigenvalue weighted by molar-refractivity contribution is 5.94. The molecule has 0 bridgehead atoms. The van der Waals surface area contributed by atoms with Gasteiger partial charge in [-0.1, -0.05) is 18.2 Å². The van der Waals surface area contributed by atoms with Gasteiger partial charge in [-0.15, -0.1) is 0 Å². The van der Waals surface area contributed by atoms with Crippen LogP contribution in [0.3, 0.4) is 0 Å². The number of carbonyl (C=O) groups is 1. The van der Waals surface area contributed by atoms with E-state index in [4.69, 9.17) is 0 Å². The number of rotatable bonds is 4. The molecule has 0 saturated heterocycles. The highest BCUT2D eigenvalue weighted by Crippen LogP contribution is 2.16. The SMILES string of the molecule is CN(C)c1cccc(CNC(=O)c2ccc3c(c2)CCNC3)c1. The maximum absolute atomic E-state index is 12.4. The smallest absolute Gasteiger partial charge is 0.251 e. The fourth-order valence-corrected chi connectivity index (χ4v) is 2.85. The third kappa shape index (κ3) is 3.71. The van der Waals surface area contributed by atoms with Gasteiger partial charge in [-0.2, -0.15) is 0 Å². The van der Waals surface area contributed by atoms with Crippen LogP contribution in [0.5, 0.6) is 0 Å². The van der Waals surface area contributed by atoms with E-state index in [-0.39, 0.29) is 5.91 Å². The monoisotopic (exact) mass is 309 g/mol. The average Bonchev–Trinajstić information content (AvgIpc) is 2.59. The van der Waals surface area contributed by atoms with Crippen molar-refractivity contribution < 1.29 is 4.79 Å². The molecule has 1 aliphatic heterocycles. The summed E-state index contributed by atoms with van der Waals surface area (Å²) in [6.45, 7) is 2.42. The lowest BCUT2D eigenvalue weighted by Crippen LogP contribution is -2.26. The van der Waals surface area contributed by atoms with Crippen LogP contribution in [0.1, 0.15) is 27.0 Å². The number of hydrogen-bond acceptors (Lipinski definition) is 3. The first-order valence-corrected chi connectivity index (χ1v) is 8.00. The van der Waals surface area contributed by atoms with Crippen molar-refractivity contribution in [1.82, 2.24) is 10.6 Å². The fraction of sp³-hybridized carbons (Fsp3) is 0.316. The molecule has 2 aromatic rings. The molecule has 0 spiro atoms. The normalized spacial score (nSPS) is 13.3. The molecule has 0 aliphatic carbocycles. The lowest BCUT2D eigenvalue weighted by molar-refractivity contribution is 0.0951. The summed E-state index contributed by atoms with van der Waals surface area (Å²) in [6.07, 6.45) is 0.987. The molecule has 0 atom stereocenters. The first-order valence-electron chi connectivity index (χ1n) is 8.00. The van der Waals surface area contributed by atoms with E-state index in [2.05, 4.69) is 33.7 Å². The Morgan fingerprint density at radius 1 is 1.17 bits per heavy atom. The molecule has 0 saturated carbocycles. The Balaban J connectivity index is 1.66. The molecule has 120 valence electrons. The molecule has 4 nitrogen and oxygen atoms in total. The molecule has 1 heterocycles. The summed E-state index contributed by atoms with van der Waals surface area (Å²) in [5, 5.41) is 6.36. The van der Waals surface area contributed by atoms with E-state index >= 15 is 0 Å². The number of hydrogen-bond donors (Lipinski definition) is 2. The van der Waals surface area contributed by atoms with Crippen molar-refractivity contribution in [2.75, 3.05) is 25.5 Å². The Kier molecular flexibility index (Phi) is 4.63.